The number of amides is 1. The highest BCUT2D eigenvalue weighted by Gasteiger charge is 2.51. The van der Waals surface area contributed by atoms with Gasteiger partial charge in [-0.05, 0) is 19.8 Å². The molecule has 2 rings (SSSR count). The molecule has 0 aromatic heterocycles. The third-order valence-corrected chi connectivity index (χ3v) is 4.54. The second kappa shape index (κ2) is 5.29. The van der Waals surface area contributed by atoms with E-state index in [4.69, 9.17) is 4.74 Å². The third kappa shape index (κ3) is 2.38. The third-order valence-electron chi connectivity index (χ3n) is 4.54. The van der Waals surface area contributed by atoms with Gasteiger partial charge in [-0.25, -0.2) is 0 Å². The molecule has 1 aliphatic carbocycles. The maximum atomic E-state index is 11.9. The van der Waals surface area contributed by atoms with Gasteiger partial charge in [0.15, 0.2) is 0 Å². The van der Waals surface area contributed by atoms with Crippen molar-refractivity contribution in [2.45, 2.75) is 57.9 Å². The summed E-state index contributed by atoms with van der Waals surface area (Å²) in [5, 5.41) is 3.17. The van der Waals surface area contributed by atoms with Crippen LogP contribution in [0.3, 0.4) is 0 Å². The summed E-state index contributed by atoms with van der Waals surface area (Å²) in [7, 11) is 0. The SMILES string of the molecule is CCOC(=O)C[C@@H]1[C@H](C)C(=O)NC12CCCCC2. The number of nitrogens with one attached hydrogen (secondary N) is 1. The quantitative estimate of drug-likeness (QED) is 0.783. The largest absolute Gasteiger partial charge is 0.466 e. The Hall–Kier alpha value is -1.06. The molecule has 2 fully saturated rings. The molecule has 4 heteroatoms. The molecule has 0 bridgehead atoms. The van der Waals surface area contributed by atoms with Crippen molar-refractivity contribution >= 4 is 11.9 Å². The van der Waals surface area contributed by atoms with Crippen LogP contribution >= 0.6 is 0 Å². The predicted octanol–water partition coefficient (Wildman–Crippen LogP) is 2.02. The molecule has 1 spiro atoms. The molecule has 2 aliphatic rings. The van der Waals surface area contributed by atoms with E-state index in [9.17, 15) is 9.59 Å². The van der Waals surface area contributed by atoms with Crippen LogP contribution in [0.4, 0.5) is 0 Å². The van der Waals surface area contributed by atoms with Crippen LogP contribution in [0.5, 0.6) is 0 Å². The van der Waals surface area contributed by atoms with Gasteiger partial charge in [-0.2, -0.15) is 0 Å². The second-order valence-electron chi connectivity index (χ2n) is 5.61. The normalized spacial score (nSPS) is 30.2. The van der Waals surface area contributed by atoms with Crippen LogP contribution in [0.15, 0.2) is 0 Å². The summed E-state index contributed by atoms with van der Waals surface area (Å²) in [6.45, 7) is 4.16. The molecule has 1 saturated carbocycles. The first kappa shape index (κ1) is 13.4. The molecule has 0 radical (unpaired) electrons. The highest BCUT2D eigenvalue weighted by atomic mass is 16.5. The fraction of sp³-hybridized carbons (Fsp3) is 0.857. The molecule has 2 atom stereocenters. The number of ether oxygens (including phenoxy) is 1. The van der Waals surface area contributed by atoms with Crippen LogP contribution in [0.1, 0.15) is 52.4 Å². The lowest BCUT2D eigenvalue weighted by atomic mass is 9.70. The topological polar surface area (TPSA) is 55.4 Å². The molecule has 1 amide bonds. The number of carbonyl (C=O) groups excluding carboxylic acids is 2. The molecule has 0 unspecified atom stereocenters. The zero-order valence-corrected chi connectivity index (χ0v) is 11.3. The average Bonchev–Trinajstić information content (AvgIpc) is 2.56. The van der Waals surface area contributed by atoms with Crippen LogP contribution in [0.2, 0.25) is 0 Å². The molecule has 1 heterocycles. The summed E-state index contributed by atoms with van der Waals surface area (Å²) in [5.74, 6) is -0.0427. The summed E-state index contributed by atoms with van der Waals surface area (Å²) in [4.78, 5) is 23.6. The summed E-state index contributed by atoms with van der Waals surface area (Å²) in [6, 6.07) is 0. The van der Waals surface area contributed by atoms with Gasteiger partial charge >= 0.3 is 5.97 Å². The van der Waals surface area contributed by atoms with Crippen LogP contribution < -0.4 is 5.32 Å². The van der Waals surface area contributed by atoms with E-state index >= 15 is 0 Å². The zero-order chi connectivity index (χ0) is 13.2. The Balaban J connectivity index is 2.12. The molecule has 0 aromatic rings. The van der Waals surface area contributed by atoms with Crippen molar-refractivity contribution in [2.24, 2.45) is 11.8 Å². The van der Waals surface area contributed by atoms with Gasteiger partial charge in [0, 0.05) is 17.4 Å². The van der Waals surface area contributed by atoms with Crippen LogP contribution in [0, 0.1) is 11.8 Å². The van der Waals surface area contributed by atoms with Crippen molar-refractivity contribution in [3.05, 3.63) is 0 Å². The molecule has 0 aromatic carbocycles. The number of carbonyl (C=O) groups is 2. The van der Waals surface area contributed by atoms with Crippen LogP contribution in [-0.4, -0.2) is 24.0 Å². The van der Waals surface area contributed by atoms with Crippen molar-refractivity contribution in [1.29, 1.82) is 0 Å². The van der Waals surface area contributed by atoms with Crippen molar-refractivity contribution in [2.75, 3.05) is 6.61 Å². The van der Waals surface area contributed by atoms with Gasteiger partial charge < -0.3 is 10.1 Å². The Kier molecular flexibility index (Phi) is 3.93. The molecule has 1 saturated heterocycles. The summed E-state index contributed by atoms with van der Waals surface area (Å²) >= 11 is 0. The molecule has 1 N–H and O–H groups in total. The minimum atomic E-state index is -0.171. The van der Waals surface area contributed by atoms with Gasteiger partial charge in [0.1, 0.15) is 0 Å². The fourth-order valence-corrected chi connectivity index (χ4v) is 3.56. The van der Waals surface area contributed by atoms with E-state index < -0.39 is 0 Å². The van der Waals surface area contributed by atoms with Crippen molar-refractivity contribution in [3.8, 4) is 0 Å². The van der Waals surface area contributed by atoms with Gasteiger partial charge in [0.05, 0.1) is 13.0 Å². The monoisotopic (exact) mass is 253 g/mol. The molecule has 18 heavy (non-hydrogen) atoms. The first-order valence-electron chi connectivity index (χ1n) is 7.07. The van der Waals surface area contributed by atoms with E-state index in [1.807, 2.05) is 13.8 Å². The maximum Gasteiger partial charge on any atom is 0.306 e. The Bertz CT molecular complexity index is 334. The molecule has 1 aliphatic heterocycles. The van der Waals surface area contributed by atoms with Crippen LogP contribution in [-0.2, 0) is 14.3 Å². The molecule has 102 valence electrons. The summed E-state index contributed by atoms with van der Waals surface area (Å²) < 4.78 is 5.04. The van der Waals surface area contributed by atoms with E-state index in [1.54, 1.807) is 0 Å². The molecular weight excluding hydrogens is 230 g/mol. The fourth-order valence-electron chi connectivity index (χ4n) is 3.56. The van der Waals surface area contributed by atoms with E-state index in [2.05, 4.69) is 5.32 Å². The number of hydrogen-bond donors (Lipinski definition) is 1. The zero-order valence-electron chi connectivity index (χ0n) is 11.3. The molecule has 4 nitrogen and oxygen atoms in total. The Morgan fingerprint density at radius 1 is 1.39 bits per heavy atom. The molecular formula is C14H23NO3. The predicted molar refractivity (Wildman–Crippen MR) is 67.9 cm³/mol. The van der Waals surface area contributed by atoms with Crippen molar-refractivity contribution < 1.29 is 14.3 Å². The van der Waals surface area contributed by atoms with Crippen molar-refractivity contribution in [1.82, 2.24) is 5.32 Å². The Morgan fingerprint density at radius 2 is 2.06 bits per heavy atom. The highest BCUT2D eigenvalue weighted by Crippen LogP contribution is 2.44. The first-order valence-corrected chi connectivity index (χ1v) is 7.07. The maximum absolute atomic E-state index is 11.9. The lowest BCUT2D eigenvalue weighted by molar-refractivity contribution is -0.145. The van der Waals surface area contributed by atoms with Gasteiger partial charge in [0.25, 0.3) is 0 Å². The number of esters is 1. The smallest absolute Gasteiger partial charge is 0.306 e. The Labute approximate surface area is 108 Å². The minimum Gasteiger partial charge on any atom is -0.466 e. The van der Waals surface area contributed by atoms with Gasteiger partial charge in [-0.3, -0.25) is 9.59 Å². The van der Waals surface area contributed by atoms with Gasteiger partial charge in [-0.15, -0.1) is 0 Å². The summed E-state index contributed by atoms with van der Waals surface area (Å²) in [5.41, 5.74) is -0.137. The first-order chi connectivity index (χ1) is 8.59. The standard InChI is InChI=1S/C14H23NO3/c1-3-18-12(16)9-11-10(2)13(17)15-14(11)7-5-4-6-8-14/h10-11H,3-9H2,1-2H3,(H,15,17)/t10-,11+/m0/s1. The van der Waals surface area contributed by atoms with E-state index in [0.717, 1.165) is 25.7 Å². The minimum absolute atomic E-state index is 0.0764. The van der Waals surface area contributed by atoms with E-state index in [0.29, 0.717) is 13.0 Å². The summed E-state index contributed by atoms with van der Waals surface area (Å²) in [6.07, 6.45) is 5.91. The van der Waals surface area contributed by atoms with E-state index in [1.165, 1.54) is 6.42 Å². The van der Waals surface area contributed by atoms with E-state index in [-0.39, 0.29) is 29.3 Å². The lowest BCUT2D eigenvalue weighted by Crippen LogP contribution is -2.48. The van der Waals surface area contributed by atoms with Crippen molar-refractivity contribution in [3.63, 3.8) is 0 Å². The van der Waals surface area contributed by atoms with Gasteiger partial charge in [0.2, 0.25) is 5.91 Å². The Morgan fingerprint density at radius 3 is 2.67 bits per heavy atom. The highest BCUT2D eigenvalue weighted by molar-refractivity contribution is 5.84. The number of rotatable bonds is 3. The second-order valence-corrected chi connectivity index (χ2v) is 5.61. The van der Waals surface area contributed by atoms with Gasteiger partial charge in [-0.1, -0.05) is 26.2 Å². The number of hydrogen-bond acceptors (Lipinski definition) is 3. The van der Waals surface area contributed by atoms with Crippen LogP contribution in [0.25, 0.3) is 0 Å². The lowest BCUT2D eigenvalue weighted by Gasteiger charge is -2.39. The average molecular weight is 253 g/mol.